The van der Waals surface area contributed by atoms with E-state index < -0.39 is 17.3 Å². The summed E-state index contributed by atoms with van der Waals surface area (Å²) in [6, 6.07) is 4.88. The molecule has 1 unspecified atom stereocenters. The molecule has 0 spiro atoms. The lowest BCUT2D eigenvalue weighted by molar-refractivity contribution is -0.385. The fourth-order valence-corrected chi connectivity index (χ4v) is 1.05. The SMILES string of the molecule is CCOC(=O)C(F)Oc1cccc([N+](=O)[O-])c1. The maximum atomic E-state index is 13.1. The predicted octanol–water partition coefficient (Wildman–Crippen LogP) is 1.83. The molecule has 6 nitrogen and oxygen atoms in total. The molecule has 92 valence electrons. The molecular weight excluding hydrogens is 233 g/mol. The first kappa shape index (κ1) is 12.9. The van der Waals surface area contributed by atoms with Gasteiger partial charge in [-0.3, -0.25) is 10.1 Å². The first-order valence-corrected chi connectivity index (χ1v) is 4.76. The van der Waals surface area contributed by atoms with Crippen LogP contribution in [0.1, 0.15) is 6.92 Å². The largest absolute Gasteiger partial charge is 0.461 e. The quantitative estimate of drug-likeness (QED) is 0.448. The molecule has 0 bridgehead atoms. The van der Waals surface area contributed by atoms with E-state index >= 15 is 0 Å². The number of ether oxygens (including phenoxy) is 2. The van der Waals surface area contributed by atoms with E-state index in [0.717, 1.165) is 6.07 Å². The summed E-state index contributed by atoms with van der Waals surface area (Å²) in [5.41, 5.74) is -0.251. The van der Waals surface area contributed by atoms with Crippen LogP contribution in [0.3, 0.4) is 0 Å². The molecule has 1 aromatic rings. The van der Waals surface area contributed by atoms with Gasteiger partial charge in [-0.15, -0.1) is 0 Å². The summed E-state index contributed by atoms with van der Waals surface area (Å²) >= 11 is 0. The summed E-state index contributed by atoms with van der Waals surface area (Å²) in [5.74, 6) is -1.28. The fourth-order valence-electron chi connectivity index (χ4n) is 1.05. The summed E-state index contributed by atoms with van der Waals surface area (Å²) in [6.45, 7) is 1.55. The normalized spacial score (nSPS) is 11.6. The molecule has 0 aliphatic carbocycles. The van der Waals surface area contributed by atoms with Crippen molar-refractivity contribution in [2.75, 3.05) is 6.61 Å². The van der Waals surface area contributed by atoms with E-state index in [1.165, 1.54) is 25.1 Å². The molecule has 0 saturated carbocycles. The Kier molecular flexibility index (Phi) is 4.38. The van der Waals surface area contributed by atoms with Gasteiger partial charge in [0.15, 0.2) is 0 Å². The molecule has 0 aromatic heterocycles. The summed E-state index contributed by atoms with van der Waals surface area (Å²) in [5, 5.41) is 10.4. The maximum Gasteiger partial charge on any atom is 0.381 e. The van der Waals surface area contributed by atoms with Crippen LogP contribution >= 0.6 is 0 Å². The van der Waals surface area contributed by atoms with Crippen LogP contribution in [0.2, 0.25) is 0 Å². The Labute approximate surface area is 96.1 Å². The van der Waals surface area contributed by atoms with Gasteiger partial charge >= 0.3 is 12.3 Å². The standard InChI is InChI=1S/C10H10FNO5/c1-2-16-10(13)9(11)17-8-5-3-4-7(6-8)12(14)15/h3-6,9H,2H2,1H3. The molecule has 0 aliphatic heterocycles. The number of benzene rings is 1. The van der Waals surface area contributed by atoms with Crippen LogP contribution in [0.25, 0.3) is 0 Å². The van der Waals surface area contributed by atoms with Crippen molar-refractivity contribution >= 4 is 11.7 Å². The Morgan fingerprint density at radius 1 is 1.59 bits per heavy atom. The zero-order valence-corrected chi connectivity index (χ0v) is 8.96. The van der Waals surface area contributed by atoms with Gasteiger partial charge in [-0.1, -0.05) is 6.07 Å². The van der Waals surface area contributed by atoms with Crippen molar-refractivity contribution in [1.29, 1.82) is 0 Å². The van der Waals surface area contributed by atoms with Gasteiger partial charge in [-0.05, 0) is 13.0 Å². The minimum absolute atomic E-state index is 0.0253. The molecule has 1 atom stereocenters. The fraction of sp³-hybridized carbons (Fsp3) is 0.300. The number of hydrogen-bond donors (Lipinski definition) is 0. The topological polar surface area (TPSA) is 78.7 Å². The predicted molar refractivity (Wildman–Crippen MR) is 55.3 cm³/mol. The first-order valence-electron chi connectivity index (χ1n) is 4.76. The lowest BCUT2D eigenvalue weighted by atomic mass is 10.3. The molecule has 0 aliphatic rings. The van der Waals surface area contributed by atoms with E-state index in [0.29, 0.717) is 0 Å². The molecule has 0 heterocycles. The smallest absolute Gasteiger partial charge is 0.381 e. The minimum Gasteiger partial charge on any atom is -0.461 e. The van der Waals surface area contributed by atoms with E-state index in [1.807, 2.05) is 0 Å². The van der Waals surface area contributed by atoms with Gasteiger partial charge in [0.1, 0.15) is 5.75 Å². The lowest BCUT2D eigenvalue weighted by Gasteiger charge is -2.09. The highest BCUT2D eigenvalue weighted by Crippen LogP contribution is 2.20. The van der Waals surface area contributed by atoms with Crippen molar-refractivity contribution in [1.82, 2.24) is 0 Å². The Bertz CT molecular complexity index is 423. The van der Waals surface area contributed by atoms with Gasteiger partial charge in [0.05, 0.1) is 17.6 Å². The number of alkyl halides is 1. The van der Waals surface area contributed by atoms with Gasteiger partial charge in [-0.25, -0.2) is 4.79 Å². The highest BCUT2D eigenvalue weighted by Gasteiger charge is 2.21. The monoisotopic (exact) mass is 243 g/mol. The van der Waals surface area contributed by atoms with Crippen molar-refractivity contribution in [2.45, 2.75) is 13.3 Å². The molecule has 0 radical (unpaired) electrons. The molecular formula is C10H10FNO5. The highest BCUT2D eigenvalue weighted by molar-refractivity contribution is 5.73. The zero-order valence-electron chi connectivity index (χ0n) is 8.96. The van der Waals surface area contributed by atoms with Crippen molar-refractivity contribution in [3.63, 3.8) is 0 Å². The Morgan fingerprint density at radius 3 is 2.88 bits per heavy atom. The molecule has 0 N–H and O–H groups in total. The van der Waals surface area contributed by atoms with Gasteiger partial charge in [-0.2, -0.15) is 4.39 Å². The number of non-ortho nitro benzene ring substituents is 1. The average molecular weight is 243 g/mol. The second kappa shape index (κ2) is 5.78. The van der Waals surface area contributed by atoms with Crippen molar-refractivity contribution in [3.05, 3.63) is 34.4 Å². The van der Waals surface area contributed by atoms with Crippen LogP contribution < -0.4 is 4.74 Å². The third-order valence-corrected chi connectivity index (χ3v) is 1.74. The van der Waals surface area contributed by atoms with Crippen LogP contribution in [0, 0.1) is 10.1 Å². The first-order chi connectivity index (χ1) is 8.04. The average Bonchev–Trinajstić information content (AvgIpc) is 2.29. The number of rotatable bonds is 5. The summed E-state index contributed by atoms with van der Waals surface area (Å²) in [7, 11) is 0. The second-order valence-corrected chi connectivity index (χ2v) is 2.94. The summed E-state index contributed by atoms with van der Waals surface area (Å²) < 4.78 is 22.1. The number of nitrogens with zero attached hydrogens (tertiary/aromatic N) is 1. The molecule has 0 fully saturated rings. The second-order valence-electron chi connectivity index (χ2n) is 2.94. The minimum atomic E-state index is -2.29. The van der Waals surface area contributed by atoms with E-state index in [-0.39, 0.29) is 18.0 Å². The van der Waals surface area contributed by atoms with E-state index in [1.54, 1.807) is 0 Å². The molecule has 0 amide bonds. The summed E-state index contributed by atoms with van der Waals surface area (Å²) in [6.07, 6.45) is -2.29. The number of carbonyl (C=O) groups excluding carboxylic acids is 1. The highest BCUT2D eigenvalue weighted by atomic mass is 19.1. The van der Waals surface area contributed by atoms with Crippen LogP contribution in [0.4, 0.5) is 10.1 Å². The maximum absolute atomic E-state index is 13.1. The van der Waals surface area contributed by atoms with Crippen molar-refractivity contribution < 1.29 is 23.6 Å². The number of esters is 1. The third-order valence-electron chi connectivity index (χ3n) is 1.74. The summed E-state index contributed by atoms with van der Waals surface area (Å²) in [4.78, 5) is 20.7. The van der Waals surface area contributed by atoms with Gasteiger partial charge < -0.3 is 9.47 Å². The van der Waals surface area contributed by atoms with E-state index in [2.05, 4.69) is 9.47 Å². The number of halogens is 1. The van der Waals surface area contributed by atoms with Gasteiger partial charge in [0.25, 0.3) is 5.69 Å². The van der Waals surface area contributed by atoms with Crippen LogP contribution in [-0.2, 0) is 9.53 Å². The molecule has 1 aromatic carbocycles. The van der Waals surface area contributed by atoms with Crippen molar-refractivity contribution in [2.24, 2.45) is 0 Å². The van der Waals surface area contributed by atoms with Crippen LogP contribution in [0.15, 0.2) is 24.3 Å². The van der Waals surface area contributed by atoms with Crippen LogP contribution in [-0.4, -0.2) is 23.9 Å². The van der Waals surface area contributed by atoms with Gasteiger partial charge in [0.2, 0.25) is 0 Å². The van der Waals surface area contributed by atoms with Crippen LogP contribution in [0.5, 0.6) is 5.75 Å². The third kappa shape index (κ3) is 3.71. The van der Waals surface area contributed by atoms with Gasteiger partial charge in [0, 0.05) is 6.07 Å². The number of hydrogen-bond acceptors (Lipinski definition) is 5. The number of nitro groups is 1. The lowest BCUT2D eigenvalue weighted by Crippen LogP contribution is -2.24. The molecule has 1 rings (SSSR count). The molecule has 0 saturated heterocycles. The van der Waals surface area contributed by atoms with E-state index in [9.17, 15) is 19.3 Å². The Hall–Kier alpha value is -2.18. The number of nitro benzene ring substituents is 1. The Balaban J connectivity index is 2.71. The zero-order chi connectivity index (χ0) is 12.8. The molecule has 17 heavy (non-hydrogen) atoms. The Morgan fingerprint density at radius 2 is 2.29 bits per heavy atom. The van der Waals surface area contributed by atoms with Crippen molar-refractivity contribution in [3.8, 4) is 5.75 Å². The number of carbonyl (C=O) groups is 1. The van der Waals surface area contributed by atoms with E-state index in [4.69, 9.17) is 0 Å². The molecule has 7 heteroatoms.